The molecule has 0 unspecified atom stereocenters. The van der Waals surface area contributed by atoms with Gasteiger partial charge >= 0.3 is 0 Å². The van der Waals surface area contributed by atoms with Crippen LogP contribution in [-0.2, 0) is 6.54 Å². The van der Waals surface area contributed by atoms with Gasteiger partial charge in [0.1, 0.15) is 17.3 Å². The Labute approximate surface area is 169 Å². The van der Waals surface area contributed by atoms with Gasteiger partial charge in [0.2, 0.25) is 0 Å². The van der Waals surface area contributed by atoms with Gasteiger partial charge in [0.25, 0.3) is 0 Å². The first-order chi connectivity index (χ1) is 14.2. The number of nitrogens with zero attached hydrogens (tertiary/aromatic N) is 3. The molecule has 7 heteroatoms. The van der Waals surface area contributed by atoms with Gasteiger partial charge in [-0.3, -0.25) is 10.00 Å². The molecule has 4 aromatic rings. The van der Waals surface area contributed by atoms with Crippen molar-refractivity contribution in [3.63, 3.8) is 0 Å². The summed E-state index contributed by atoms with van der Waals surface area (Å²) in [6.07, 6.45) is 2.77. The number of H-pyrrole nitrogens is 2. The lowest BCUT2D eigenvalue weighted by Crippen LogP contribution is -2.27. The van der Waals surface area contributed by atoms with Crippen molar-refractivity contribution in [2.75, 3.05) is 19.7 Å². The summed E-state index contributed by atoms with van der Waals surface area (Å²) in [5.74, 6) is 2.40. The molecule has 0 radical (unpaired) electrons. The summed E-state index contributed by atoms with van der Waals surface area (Å²) in [5.41, 5.74) is 3.87. The van der Waals surface area contributed by atoms with Crippen molar-refractivity contribution in [3.8, 4) is 22.8 Å². The highest BCUT2D eigenvalue weighted by Crippen LogP contribution is 2.27. The average molecular weight is 391 g/mol. The molecule has 150 valence electrons. The molecule has 4 rings (SSSR count). The van der Waals surface area contributed by atoms with Crippen LogP contribution in [-0.4, -0.2) is 49.9 Å². The van der Waals surface area contributed by atoms with Crippen molar-refractivity contribution in [1.29, 1.82) is 0 Å². The fourth-order valence-electron chi connectivity index (χ4n) is 3.37. The number of benzene rings is 2. The number of nitrogens with one attached hydrogen (secondary N) is 2. The maximum Gasteiger partial charge on any atom is 0.129 e. The summed E-state index contributed by atoms with van der Waals surface area (Å²) in [5, 5.41) is 16.2. The number of aromatic amines is 2. The predicted molar refractivity (Wildman–Crippen MR) is 113 cm³/mol. The number of hydrogen-bond donors (Lipinski definition) is 3. The van der Waals surface area contributed by atoms with E-state index in [-0.39, 0.29) is 6.61 Å². The van der Waals surface area contributed by atoms with Crippen LogP contribution in [0, 0.1) is 0 Å². The standard InChI is InChI=1S/C22H25N5O2/c1-2-11-27(12-13-28)15-22-24-20-8-7-18(14-21(20)25-22)29-17-5-3-16(4-6-17)19-9-10-23-26-19/h3-10,14,28H,2,11-13,15H2,1H3,(H,23,26)(H,24,25). The molecular formula is C22H25N5O2. The molecule has 0 fully saturated rings. The van der Waals surface area contributed by atoms with Crippen LogP contribution in [0.2, 0.25) is 0 Å². The minimum Gasteiger partial charge on any atom is -0.457 e. The molecule has 7 nitrogen and oxygen atoms in total. The van der Waals surface area contributed by atoms with E-state index in [1.165, 1.54) is 0 Å². The van der Waals surface area contributed by atoms with E-state index in [9.17, 15) is 5.11 Å². The molecule has 0 aliphatic heterocycles. The van der Waals surface area contributed by atoms with Crippen molar-refractivity contribution in [2.45, 2.75) is 19.9 Å². The number of fused-ring (bicyclic) bond motifs is 1. The minimum atomic E-state index is 0.150. The Hall–Kier alpha value is -3.16. The average Bonchev–Trinajstić information content (AvgIpc) is 3.38. The number of imidazole rings is 1. The molecule has 0 saturated heterocycles. The van der Waals surface area contributed by atoms with Crippen LogP contribution in [0.4, 0.5) is 0 Å². The van der Waals surface area contributed by atoms with Gasteiger partial charge in [0.05, 0.1) is 29.9 Å². The summed E-state index contributed by atoms with van der Waals surface area (Å²) < 4.78 is 6.00. The molecule has 2 heterocycles. The molecule has 2 aromatic heterocycles. The van der Waals surface area contributed by atoms with Crippen molar-refractivity contribution in [1.82, 2.24) is 25.1 Å². The van der Waals surface area contributed by atoms with Crippen LogP contribution in [0.1, 0.15) is 19.2 Å². The molecule has 29 heavy (non-hydrogen) atoms. The van der Waals surface area contributed by atoms with Gasteiger partial charge in [-0.05, 0) is 61.0 Å². The van der Waals surface area contributed by atoms with Gasteiger partial charge < -0.3 is 14.8 Å². The van der Waals surface area contributed by atoms with Crippen molar-refractivity contribution < 1.29 is 9.84 Å². The molecule has 0 saturated carbocycles. The summed E-state index contributed by atoms with van der Waals surface area (Å²) in [7, 11) is 0. The lowest BCUT2D eigenvalue weighted by atomic mass is 10.1. The number of rotatable bonds is 9. The molecule has 0 amide bonds. The topological polar surface area (TPSA) is 90.1 Å². The number of hydrogen-bond acceptors (Lipinski definition) is 5. The fraction of sp³-hybridized carbons (Fsp3) is 0.273. The second-order valence-electron chi connectivity index (χ2n) is 6.96. The lowest BCUT2D eigenvalue weighted by Gasteiger charge is -2.18. The highest BCUT2D eigenvalue weighted by Gasteiger charge is 2.10. The Morgan fingerprint density at radius 3 is 2.59 bits per heavy atom. The first-order valence-electron chi connectivity index (χ1n) is 9.84. The van der Waals surface area contributed by atoms with E-state index in [2.05, 4.69) is 27.0 Å². The zero-order valence-electron chi connectivity index (χ0n) is 16.4. The Bertz CT molecular complexity index is 1030. The second kappa shape index (κ2) is 8.89. The third kappa shape index (κ3) is 4.64. The summed E-state index contributed by atoms with van der Waals surface area (Å²) in [4.78, 5) is 10.2. The first kappa shape index (κ1) is 19.2. The van der Waals surface area contributed by atoms with Crippen molar-refractivity contribution >= 4 is 11.0 Å². The summed E-state index contributed by atoms with van der Waals surface area (Å²) >= 11 is 0. The summed E-state index contributed by atoms with van der Waals surface area (Å²) in [6.45, 7) is 4.55. The second-order valence-corrected chi connectivity index (χ2v) is 6.96. The van der Waals surface area contributed by atoms with Crippen molar-refractivity contribution in [2.24, 2.45) is 0 Å². The molecule has 0 aliphatic rings. The van der Waals surface area contributed by atoms with Gasteiger partial charge in [-0.2, -0.15) is 5.10 Å². The van der Waals surface area contributed by atoms with Gasteiger partial charge in [-0.15, -0.1) is 0 Å². The van der Waals surface area contributed by atoms with Crippen LogP contribution in [0.3, 0.4) is 0 Å². The van der Waals surface area contributed by atoms with E-state index < -0.39 is 0 Å². The lowest BCUT2D eigenvalue weighted by molar-refractivity contribution is 0.188. The van der Waals surface area contributed by atoms with E-state index in [0.29, 0.717) is 13.1 Å². The number of aliphatic hydroxyl groups is 1. The Morgan fingerprint density at radius 1 is 1.03 bits per heavy atom. The molecular weight excluding hydrogens is 366 g/mol. The van der Waals surface area contributed by atoms with E-state index in [4.69, 9.17) is 9.72 Å². The summed E-state index contributed by atoms with van der Waals surface area (Å²) in [6, 6.07) is 15.7. The number of aromatic nitrogens is 4. The maximum absolute atomic E-state index is 9.23. The van der Waals surface area contributed by atoms with E-state index in [0.717, 1.165) is 52.6 Å². The van der Waals surface area contributed by atoms with Gasteiger partial charge in [-0.25, -0.2) is 4.98 Å². The quantitative estimate of drug-likeness (QED) is 0.402. The minimum absolute atomic E-state index is 0.150. The van der Waals surface area contributed by atoms with Crippen LogP contribution >= 0.6 is 0 Å². The number of aliphatic hydroxyl groups excluding tert-OH is 1. The highest BCUT2D eigenvalue weighted by atomic mass is 16.5. The molecule has 0 aliphatic carbocycles. The van der Waals surface area contributed by atoms with Crippen LogP contribution in [0.15, 0.2) is 54.7 Å². The zero-order chi connectivity index (χ0) is 20.1. The molecule has 0 spiro atoms. The third-order valence-corrected chi connectivity index (χ3v) is 4.73. The molecule has 0 bridgehead atoms. The molecule has 3 N–H and O–H groups in total. The third-order valence-electron chi connectivity index (χ3n) is 4.73. The smallest absolute Gasteiger partial charge is 0.129 e. The largest absolute Gasteiger partial charge is 0.457 e. The fourth-order valence-corrected chi connectivity index (χ4v) is 3.37. The number of ether oxygens (including phenoxy) is 1. The van der Waals surface area contributed by atoms with Gasteiger partial charge in [0, 0.05) is 18.8 Å². The van der Waals surface area contributed by atoms with Gasteiger partial charge in [-0.1, -0.05) is 6.92 Å². The van der Waals surface area contributed by atoms with Crippen LogP contribution < -0.4 is 4.74 Å². The maximum atomic E-state index is 9.23. The first-order valence-corrected chi connectivity index (χ1v) is 9.84. The monoisotopic (exact) mass is 391 g/mol. The van der Waals surface area contributed by atoms with Gasteiger partial charge in [0.15, 0.2) is 0 Å². The van der Waals surface area contributed by atoms with Crippen molar-refractivity contribution in [3.05, 3.63) is 60.6 Å². The van der Waals surface area contributed by atoms with E-state index in [1.54, 1.807) is 6.20 Å². The highest BCUT2D eigenvalue weighted by molar-refractivity contribution is 5.77. The Balaban J connectivity index is 1.47. The van der Waals surface area contributed by atoms with Crippen LogP contribution in [0.25, 0.3) is 22.3 Å². The zero-order valence-corrected chi connectivity index (χ0v) is 16.4. The Morgan fingerprint density at radius 2 is 1.86 bits per heavy atom. The van der Waals surface area contributed by atoms with Crippen LogP contribution in [0.5, 0.6) is 11.5 Å². The van der Waals surface area contributed by atoms with E-state index in [1.807, 2.05) is 48.5 Å². The Kier molecular flexibility index (Phi) is 5.88. The SMILES string of the molecule is CCCN(CCO)Cc1nc2cc(Oc3ccc(-c4ccn[nH]4)cc3)ccc2[nH]1. The molecule has 2 aromatic carbocycles. The normalized spacial score (nSPS) is 11.4. The molecule has 0 atom stereocenters. The van der Waals surface area contributed by atoms with E-state index >= 15 is 0 Å². The predicted octanol–water partition coefficient (Wildman–Crippen LogP) is 3.95.